The van der Waals surface area contributed by atoms with Crippen LogP contribution in [-0.4, -0.2) is 58.6 Å². The largest absolute Gasteiger partial charge is 0.341 e. The fraction of sp³-hybridized carbons (Fsp3) is 0.583. The zero-order valence-corrected chi connectivity index (χ0v) is 18.1. The third-order valence-electron chi connectivity index (χ3n) is 7.09. The number of aryl methyl sites for hydroxylation is 3. The Labute approximate surface area is 174 Å². The van der Waals surface area contributed by atoms with Gasteiger partial charge in [-0.05, 0) is 51.1 Å². The van der Waals surface area contributed by atoms with Crippen LogP contribution in [0.25, 0.3) is 0 Å². The molecule has 5 heteroatoms. The minimum atomic E-state index is 0.237. The Bertz CT molecular complexity index is 826. The number of benzene rings is 1. The van der Waals surface area contributed by atoms with Crippen LogP contribution in [0.4, 0.5) is 0 Å². The molecule has 1 amide bonds. The third-order valence-corrected chi connectivity index (χ3v) is 7.09. The molecule has 0 radical (unpaired) electrons. The number of hydrogen-bond acceptors (Lipinski definition) is 3. The van der Waals surface area contributed by atoms with Gasteiger partial charge in [0.1, 0.15) is 0 Å². The molecule has 0 aliphatic carbocycles. The number of aromatic nitrogens is 2. The number of fused-ring (bicyclic) bond motifs is 1. The van der Waals surface area contributed by atoms with Crippen molar-refractivity contribution >= 4 is 5.91 Å². The molecule has 156 valence electrons. The van der Waals surface area contributed by atoms with Crippen LogP contribution in [0.2, 0.25) is 0 Å². The van der Waals surface area contributed by atoms with E-state index >= 15 is 0 Å². The second-order valence-electron chi connectivity index (χ2n) is 9.14. The number of carbonyl (C=O) groups is 1. The Morgan fingerprint density at radius 1 is 1.21 bits per heavy atom. The minimum absolute atomic E-state index is 0.237. The van der Waals surface area contributed by atoms with Gasteiger partial charge in [0.15, 0.2) is 0 Å². The molecular weight excluding hydrogens is 360 g/mol. The quantitative estimate of drug-likeness (QED) is 0.783. The van der Waals surface area contributed by atoms with E-state index in [0.29, 0.717) is 12.3 Å². The first-order valence-corrected chi connectivity index (χ1v) is 11.1. The van der Waals surface area contributed by atoms with Crippen LogP contribution in [0, 0.1) is 25.2 Å². The molecule has 29 heavy (non-hydrogen) atoms. The van der Waals surface area contributed by atoms with Crippen LogP contribution >= 0.6 is 0 Å². The highest BCUT2D eigenvalue weighted by molar-refractivity contribution is 5.79. The summed E-state index contributed by atoms with van der Waals surface area (Å²) >= 11 is 0. The summed E-state index contributed by atoms with van der Waals surface area (Å²) in [4.78, 5) is 17.9. The van der Waals surface area contributed by atoms with Crippen LogP contribution in [0.5, 0.6) is 0 Å². The molecule has 1 aromatic carbocycles. The van der Waals surface area contributed by atoms with Gasteiger partial charge in [-0.3, -0.25) is 9.89 Å². The molecule has 2 aliphatic heterocycles. The van der Waals surface area contributed by atoms with Gasteiger partial charge in [-0.1, -0.05) is 37.3 Å². The van der Waals surface area contributed by atoms with E-state index in [2.05, 4.69) is 57.3 Å². The number of carbonyl (C=O) groups excluding carboxylic acids is 1. The summed E-state index contributed by atoms with van der Waals surface area (Å²) in [7, 11) is 0. The minimum Gasteiger partial charge on any atom is -0.341 e. The summed E-state index contributed by atoms with van der Waals surface area (Å²) in [5.41, 5.74) is 4.68. The molecule has 0 saturated carbocycles. The Kier molecular flexibility index (Phi) is 5.77. The van der Waals surface area contributed by atoms with Gasteiger partial charge in [0, 0.05) is 42.9 Å². The van der Waals surface area contributed by atoms with E-state index in [0.717, 1.165) is 56.0 Å². The number of likely N-dealkylation sites (tertiary alicyclic amines) is 2. The average molecular weight is 395 g/mol. The molecule has 3 heterocycles. The molecule has 2 fully saturated rings. The fourth-order valence-corrected chi connectivity index (χ4v) is 5.46. The number of aromatic amines is 1. The van der Waals surface area contributed by atoms with E-state index in [1.807, 2.05) is 13.8 Å². The van der Waals surface area contributed by atoms with E-state index in [4.69, 9.17) is 0 Å². The van der Waals surface area contributed by atoms with E-state index < -0.39 is 0 Å². The Morgan fingerprint density at radius 2 is 2.00 bits per heavy atom. The van der Waals surface area contributed by atoms with Crippen LogP contribution in [0.1, 0.15) is 42.3 Å². The van der Waals surface area contributed by atoms with Crippen LogP contribution in [0.15, 0.2) is 30.3 Å². The molecule has 5 nitrogen and oxygen atoms in total. The van der Waals surface area contributed by atoms with Crippen molar-refractivity contribution in [2.45, 2.75) is 46.5 Å². The molecule has 0 bridgehead atoms. The molecule has 1 N–H and O–H groups in total. The molecule has 2 aliphatic rings. The van der Waals surface area contributed by atoms with Gasteiger partial charge in [-0.25, -0.2) is 0 Å². The maximum Gasteiger partial charge on any atom is 0.227 e. The molecule has 2 unspecified atom stereocenters. The van der Waals surface area contributed by atoms with Crippen molar-refractivity contribution in [2.24, 2.45) is 11.3 Å². The molecule has 1 aromatic heterocycles. The normalized spacial score (nSPS) is 24.2. The van der Waals surface area contributed by atoms with Crippen molar-refractivity contribution in [1.29, 1.82) is 0 Å². The summed E-state index contributed by atoms with van der Waals surface area (Å²) < 4.78 is 0. The fourth-order valence-electron chi connectivity index (χ4n) is 5.46. The van der Waals surface area contributed by atoms with Gasteiger partial charge in [-0.15, -0.1) is 0 Å². The predicted octanol–water partition coefficient (Wildman–Crippen LogP) is 3.37. The summed E-state index contributed by atoms with van der Waals surface area (Å²) in [6, 6.07) is 10.8. The summed E-state index contributed by atoms with van der Waals surface area (Å²) in [6.45, 7) is 11.5. The summed E-state index contributed by atoms with van der Waals surface area (Å²) in [6.07, 6.45) is 3.92. The van der Waals surface area contributed by atoms with Crippen LogP contribution in [0.3, 0.4) is 0 Å². The molecule has 4 rings (SSSR count). The highest BCUT2D eigenvalue weighted by Gasteiger charge is 2.52. The zero-order chi connectivity index (χ0) is 20.4. The van der Waals surface area contributed by atoms with Crippen LogP contribution in [-0.2, 0) is 17.6 Å². The van der Waals surface area contributed by atoms with E-state index in [-0.39, 0.29) is 11.3 Å². The number of hydrogen-bond donors (Lipinski definition) is 1. The number of nitrogens with one attached hydrogen (secondary N) is 1. The summed E-state index contributed by atoms with van der Waals surface area (Å²) in [5, 5.41) is 7.27. The van der Waals surface area contributed by atoms with E-state index in [1.54, 1.807) is 0 Å². The van der Waals surface area contributed by atoms with Crippen molar-refractivity contribution < 1.29 is 4.79 Å². The second-order valence-corrected chi connectivity index (χ2v) is 9.14. The smallest absolute Gasteiger partial charge is 0.227 e. The van der Waals surface area contributed by atoms with Crippen molar-refractivity contribution in [2.75, 3.05) is 32.7 Å². The van der Waals surface area contributed by atoms with Crippen molar-refractivity contribution in [1.82, 2.24) is 20.0 Å². The van der Waals surface area contributed by atoms with Gasteiger partial charge in [0.2, 0.25) is 5.91 Å². The highest BCUT2D eigenvalue weighted by atomic mass is 16.2. The van der Waals surface area contributed by atoms with Crippen LogP contribution < -0.4 is 0 Å². The van der Waals surface area contributed by atoms with E-state index in [9.17, 15) is 4.79 Å². The molecule has 2 saturated heterocycles. The summed E-state index contributed by atoms with van der Waals surface area (Å²) in [5.74, 6) is 0.849. The maximum absolute atomic E-state index is 13.1. The molecule has 2 aromatic rings. The standard InChI is InChI=1S/C24H34N4O/c1-4-12-27-14-21-15-28(23(29)13-22-18(2)25-26-19(22)3)17-24(21,16-27)11-10-20-8-6-5-7-9-20/h5-9,21H,4,10-17H2,1-3H3,(H,25,26). The topological polar surface area (TPSA) is 52.2 Å². The lowest BCUT2D eigenvalue weighted by atomic mass is 9.76. The zero-order valence-electron chi connectivity index (χ0n) is 18.1. The van der Waals surface area contributed by atoms with Gasteiger partial charge < -0.3 is 9.80 Å². The highest BCUT2D eigenvalue weighted by Crippen LogP contribution is 2.46. The Hall–Kier alpha value is -2.14. The lowest BCUT2D eigenvalue weighted by Crippen LogP contribution is -2.38. The number of amides is 1. The number of nitrogens with zero attached hydrogens (tertiary/aromatic N) is 3. The molecule has 2 atom stereocenters. The third kappa shape index (κ3) is 4.11. The molecular formula is C24H34N4O. The van der Waals surface area contributed by atoms with E-state index in [1.165, 1.54) is 18.5 Å². The lowest BCUT2D eigenvalue weighted by molar-refractivity contribution is -0.130. The lowest BCUT2D eigenvalue weighted by Gasteiger charge is -2.30. The maximum atomic E-state index is 13.1. The van der Waals surface area contributed by atoms with Crippen molar-refractivity contribution in [3.63, 3.8) is 0 Å². The van der Waals surface area contributed by atoms with Gasteiger partial charge in [0.05, 0.1) is 12.1 Å². The van der Waals surface area contributed by atoms with Crippen molar-refractivity contribution in [3.8, 4) is 0 Å². The first kappa shape index (κ1) is 20.1. The Balaban J connectivity index is 1.47. The first-order chi connectivity index (χ1) is 14.0. The Morgan fingerprint density at radius 3 is 2.69 bits per heavy atom. The van der Waals surface area contributed by atoms with Crippen molar-refractivity contribution in [3.05, 3.63) is 52.8 Å². The average Bonchev–Trinajstić information content (AvgIpc) is 3.33. The van der Waals surface area contributed by atoms with Gasteiger partial charge >= 0.3 is 0 Å². The number of rotatable bonds is 7. The SMILES string of the molecule is CCCN1CC2CN(C(=O)Cc3c(C)n[nH]c3C)CC2(CCc2ccccc2)C1. The number of H-pyrrole nitrogens is 1. The van der Waals surface area contributed by atoms with Gasteiger partial charge in [-0.2, -0.15) is 5.10 Å². The van der Waals surface area contributed by atoms with Gasteiger partial charge in [0.25, 0.3) is 0 Å². The first-order valence-electron chi connectivity index (χ1n) is 11.1. The second kappa shape index (κ2) is 8.31. The predicted molar refractivity (Wildman–Crippen MR) is 116 cm³/mol. The monoisotopic (exact) mass is 394 g/mol. The molecule has 0 spiro atoms.